The van der Waals surface area contributed by atoms with Crippen molar-refractivity contribution in [3.63, 3.8) is 0 Å². The average Bonchev–Trinajstić information content (AvgIpc) is 2.77. The molecule has 1 aromatic heterocycles. The first-order valence-electron chi connectivity index (χ1n) is 5.46. The van der Waals surface area contributed by atoms with Crippen molar-refractivity contribution < 1.29 is 0 Å². The first kappa shape index (κ1) is 14.4. The molecule has 0 spiro atoms. The average molecular weight is 365 g/mol. The summed E-state index contributed by atoms with van der Waals surface area (Å²) in [6, 6.07) is 10.0. The van der Waals surface area contributed by atoms with Crippen molar-refractivity contribution in [1.82, 2.24) is 5.32 Å². The Bertz CT molecular complexity index is 542. The van der Waals surface area contributed by atoms with E-state index >= 15 is 0 Å². The Morgan fingerprint density at radius 3 is 2.67 bits per heavy atom. The van der Waals surface area contributed by atoms with Gasteiger partial charge in [-0.15, -0.1) is 11.3 Å². The van der Waals surface area contributed by atoms with Gasteiger partial charge in [0.2, 0.25) is 0 Å². The highest BCUT2D eigenvalue weighted by Gasteiger charge is 2.14. The van der Waals surface area contributed by atoms with Crippen LogP contribution in [0, 0.1) is 0 Å². The molecule has 5 heteroatoms. The molecule has 0 amide bonds. The summed E-state index contributed by atoms with van der Waals surface area (Å²) in [5.74, 6) is 0. The van der Waals surface area contributed by atoms with Gasteiger partial charge in [-0.3, -0.25) is 0 Å². The lowest BCUT2D eigenvalue weighted by Crippen LogP contribution is -2.17. The molecular weight excluding hydrogens is 353 g/mol. The topological polar surface area (TPSA) is 12.0 Å². The maximum absolute atomic E-state index is 6.20. The second kappa shape index (κ2) is 6.40. The highest BCUT2D eigenvalue weighted by molar-refractivity contribution is 9.11. The third-order valence-electron chi connectivity index (χ3n) is 2.72. The zero-order valence-electron chi connectivity index (χ0n) is 9.71. The maximum Gasteiger partial charge on any atom is 0.0701 e. The van der Waals surface area contributed by atoms with Crippen molar-refractivity contribution in [3.8, 4) is 0 Å². The molecule has 0 aliphatic carbocycles. The molecule has 96 valence electrons. The fraction of sp³-hybridized carbons (Fsp3) is 0.231. The molecule has 1 nitrogen and oxygen atoms in total. The first-order chi connectivity index (χ1) is 8.60. The zero-order chi connectivity index (χ0) is 13.1. The van der Waals surface area contributed by atoms with Gasteiger partial charge in [-0.25, -0.2) is 0 Å². The van der Waals surface area contributed by atoms with Gasteiger partial charge in [0.15, 0.2) is 0 Å². The lowest BCUT2D eigenvalue weighted by Gasteiger charge is -2.15. The summed E-state index contributed by atoms with van der Waals surface area (Å²) in [4.78, 5) is 1.28. The Morgan fingerprint density at radius 2 is 2.06 bits per heavy atom. The Morgan fingerprint density at radius 1 is 1.28 bits per heavy atom. The number of benzene rings is 1. The van der Waals surface area contributed by atoms with E-state index in [9.17, 15) is 0 Å². The molecule has 0 saturated heterocycles. The van der Waals surface area contributed by atoms with Gasteiger partial charge in [-0.05, 0) is 65.3 Å². The van der Waals surface area contributed by atoms with E-state index in [-0.39, 0.29) is 6.04 Å². The molecule has 0 aliphatic rings. The number of thiophene rings is 1. The molecule has 2 aromatic rings. The lowest BCUT2D eigenvalue weighted by molar-refractivity contribution is 0.602. The van der Waals surface area contributed by atoms with E-state index in [0.29, 0.717) is 0 Å². The van der Waals surface area contributed by atoms with Crippen LogP contribution in [0.15, 0.2) is 34.1 Å². The third-order valence-corrected chi connectivity index (χ3v) is 5.06. The minimum Gasteiger partial charge on any atom is -0.312 e. The van der Waals surface area contributed by atoms with Crippen LogP contribution in [0.2, 0.25) is 10.0 Å². The number of hydrogen-bond acceptors (Lipinski definition) is 2. The SMILES string of the molecule is CNC(Cc1cc(Cl)ccc1Cl)c1ccc(Br)s1. The molecule has 1 aromatic carbocycles. The van der Waals surface area contributed by atoms with E-state index < -0.39 is 0 Å². The minimum absolute atomic E-state index is 0.247. The number of rotatable bonds is 4. The van der Waals surface area contributed by atoms with E-state index in [2.05, 4.69) is 33.4 Å². The summed E-state index contributed by atoms with van der Waals surface area (Å²) in [6.07, 6.45) is 0.822. The van der Waals surface area contributed by atoms with Gasteiger partial charge in [0.1, 0.15) is 0 Å². The van der Waals surface area contributed by atoms with Gasteiger partial charge in [0, 0.05) is 21.0 Å². The number of halogens is 3. The van der Waals surface area contributed by atoms with Crippen molar-refractivity contribution in [3.05, 3.63) is 54.6 Å². The van der Waals surface area contributed by atoms with Crippen molar-refractivity contribution in [2.24, 2.45) is 0 Å². The monoisotopic (exact) mass is 363 g/mol. The van der Waals surface area contributed by atoms with Crippen LogP contribution in [0.4, 0.5) is 0 Å². The molecule has 1 atom stereocenters. The van der Waals surface area contributed by atoms with Gasteiger partial charge >= 0.3 is 0 Å². The second-order valence-electron chi connectivity index (χ2n) is 3.92. The summed E-state index contributed by atoms with van der Waals surface area (Å²) in [6.45, 7) is 0. The molecule has 1 heterocycles. The van der Waals surface area contributed by atoms with Crippen molar-refractivity contribution in [1.29, 1.82) is 0 Å². The molecule has 0 aliphatic heterocycles. The summed E-state index contributed by atoms with van der Waals surface area (Å²) in [5, 5.41) is 4.79. The predicted molar refractivity (Wildman–Crippen MR) is 84.0 cm³/mol. The lowest BCUT2D eigenvalue weighted by atomic mass is 10.0. The van der Waals surface area contributed by atoms with Crippen LogP contribution >= 0.6 is 50.5 Å². The van der Waals surface area contributed by atoms with Crippen LogP contribution in [-0.4, -0.2) is 7.05 Å². The summed E-state index contributed by atoms with van der Waals surface area (Å²) < 4.78 is 1.13. The molecule has 1 unspecified atom stereocenters. The van der Waals surface area contributed by atoms with Crippen molar-refractivity contribution in [2.75, 3.05) is 7.05 Å². The van der Waals surface area contributed by atoms with Gasteiger partial charge in [0.05, 0.1) is 3.79 Å². The van der Waals surface area contributed by atoms with Crippen molar-refractivity contribution >= 4 is 50.5 Å². The van der Waals surface area contributed by atoms with Crippen LogP contribution in [0.3, 0.4) is 0 Å². The summed E-state index contributed by atoms with van der Waals surface area (Å²) >= 11 is 17.4. The van der Waals surface area contributed by atoms with Crippen LogP contribution in [0.25, 0.3) is 0 Å². The largest absolute Gasteiger partial charge is 0.312 e. The normalized spacial score (nSPS) is 12.7. The van der Waals surface area contributed by atoms with Crippen LogP contribution in [0.1, 0.15) is 16.5 Å². The third kappa shape index (κ3) is 3.49. The molecule has 1 N–H and O–H groups in total. The van der Waals surface area contributed by atoms with E-state index in [0.717, 1.165) is 25.8 Å². The Labute approximate surface area is 129 Å². The summed E-state index contributed by atoms with van der Waals surface area (Å²) in [5.41, 5.74) is 1.06. The number of nitrogens with one attached hydrogen (secondary N) is 1. The molecule has 0 radical (unpaired) electrons. The molecule has 2 rings (SSSR count). The quantitative estimate of drug-likeness (QED) is 0.773. The van der Waals surface area contributed by atoms with Gasteiger partial charge in [-0.2, -0.15) is 0 Å². The standard InChI is InChI=1S/C13H12BrCl2NS/c1-17-11(12-4-5-13(14)18-12)7-8-6-9(15)2-3-10(8)16/h2-6,11,17H,7H2,1H3. The van der Waals surface area contributed by atoms with Gasteiger partial charge in [-0.1, -0.05) is 23.2 Å². The fourth-order valence-corrected chi connectivity index (χ4v) is 3.70. The predicted octanol–water partition coefficient (Wildman–Crippen LogP) is 5.32. The van der Waals surface area contributed by atoms with E-state index in [1.807, 2.05) is 25.2 Å². The number of likely N-dealkylation sites (N-methyl/N-ethyl adjacent to an activating group) is 1. The molecule has 0 bridgehead atoms. The van der Waals surface area contributed by atoms with Crippen molar-refractivity contribution in [2.45, 2.75) is 12.5 Å². The highest BCUT2D eigenvalue weighted by Crippen LogP contribution is 2.31. The molecule has 18 heavy (non-hydrogen) atoms. The molecule has 0 fully saturated rings. The van der Waals surface area contributed by atoms with Crippen LogP contribution < -0.4 is 5.32 Å². The van der Waals surface area contributed by atoms with E-state index in [1.54, 1.807) is 11.3 Å². The van der Waals surface area contributed by atoms with Crippen LogP contribution in [-0.2, 0) is 6.42 Å². The molecular formula is C13H12BrCl2NS. The highest BCUT2D eigenvalue weighted by atomic mass is 79.9. The van der Waals surface area contributed by atoms with Crippen LogP contribution in [0.5, 0.6) is 0 Å². The second-order valence-corrected chi connectivity index (χ2v) is 7.26. The Kier molecular flexibility index (Phi) is 5.10. The Balaban J connectivity index is 2.22. The van der Waals surface area contributed by atoms with E-state index in [4.69, 9.17) is 23.2 Å². The molecule has 0 saturated carbocycles. The smallest absolute Gasteiger partial charge is 0.0701 e. The summed E-state index contributed by atoms with van der Waals surface area (Å²) in [7, 11) is 1.96. The minimum atomic E-state index is 0.247. The number of hydrogen-bond donors (Lipinski definition) is 1. The van der Waals surface area contributed by atoms with Gasteiger partial charge in [0.25, 0.3) is 0 Å². The first-order valence-corrected chi connectivity index (χ1v) is 7.83. The fourth-order valence-electron chi connectivity index (χ4n) is 1.78. The van der Waals surface area contributed by atoms with E-state index in [1.165, 1.54) is 4.88 Å². The maximum atomic E-state index is 6.20. The zero-order valence-corrected chi connectivity index (χ0v) is 13.6. The van der Waals surface area contributed by atoms with Gasteiger partial charge < -0.3 is 5.32 Å². The Hall–Kier alpha value is -0.0600.